The summed E-state index contributed by atoms with van der Waals surface area (Å²) in [6.45, 7) is 0. The van der Waals surface area contributed by atoms with Crippen LogP contribution in [0.1, 0.15) is 16.7 Å². The number of hydrogen-bond acceptors (Lipinski definition) is 2. The van der Waals surface area contributed by atoms with Crippen LogP contribution in [0.5, 0.6) is 0 Å². The molecule has 7 rings (SSSR count). The predicted octanol–water partition coefficient (Wildman–Crippen LogP) is 9.40. The van der Waals surface area contributed by atoms with Crippen molar-refractivity contribution in [2.24, 2.45) is 0 Å². The summed E-state index contributed by atoms with van der Waals surface area (Å²) in [5, 5.41) is 2.65. The lowest BCUT2D eigenvalue weighted by Crippen LogP contribution is -2.15. The maximum Gasteiger partial charge on any atom is 0.172 e. The van der Waals surface area contributed by atoms with Gasteiger partial charge < -0.3 is 9.46 Å². The molecule has 6 aromatic rings. The Morgan fingerprint density at radius 3 is 1.46 bits per heavy atom. The number of hydrogen-bond donors (Lipinski definition) is 0. The summed E-state index contributed by atoms with van der Waals surface area (Å²) in [4.78, 5) is 2.25. The fourth-order valence-corrected chi connectivity index (χ4v) is 9.13. The van der Waals surface area contributed by atoms with Crippen LogP contribution in [0.2, 0.25) is 0 Å². The van der Waals surface area contributed by atoms with Gasteiger partial charge in [0.15, 0.2) is 7.14 Å². The maximum absolute atomic E-state index is 15.5. The summed E-state index contributed by atoms with van der Waals surface area (Å²) in [6, 6.07) is 57.8. The monoisotopic (exact) mass is 545 g/mol. The third kappa shape index (κ3) is 4.34. The van der Waals surface area contributed by atoms with Crippen LogP contribution in [0.4, 0.5) is 17.1 Å². The zero-order valence-electron chi connectivity index (χ0n) is 22.5. The highest BCUT2D eigenvalue weighted by Gasteiger charge is 2.43. The minimum atomic E-state index is -3.15. The predicted molar refractivity (Wildman–Crippen MR) is 173 cm³/mol. The standard InChI is InChI=1S/C38H28NOP/c40-41(34-21-11-4-12-22-34)36-24-14-13-23-35(36)37(29-15-5-1-6-16-29)38(41)30-25-27-33(28-26-30)39(31-17-7-2-8-18-31)32-19-9-3-10-20-32/h1-28H/t41-/m0/s1. The van der Waals surface area contributed by atoms with Crippen LogP contribution in [-0.4, -0.2) is 0 Å². The Kier molecular flexibility index (Phi) is 6.47. The van der Waals surface area contributed by atoms with Gasteiger partial charge in [0.05, 0.1) is 0 Å². The molecule has 2 nitrogen and oxygen atoms in total. The number of fused-ring (bicyclic) bond motifs is 1. The molecule has 0 radical (unpaired) electrons. The Balaban J connectivity index is 1.45. The minimum Gasteiger partial charge on any atom is -0.311 e. The Morgan fingerprint density at radius 1 is 0.415 bits per heavy atom. The van der Waals surface area contributed by atoms with Crippen molar-refractivity contribution < 1.29 is 4.57 Å². The summed E-state index contributed by atoms with van der Waals surface area (Å²) in [6.07, 6.45) is 0. The molecule has 1 heterocycles. The minimum absolute atomic E-state index is 0.854. The van der Waals surface area contributed by atoms with Crippen LogP contribution < -0.4 is 15.5 Å². The molecule has 0 unspecified atom stereocenters. The second-order valence-electron chi connectivity index (χ2n) is 10.1. The van der Waals surface area contributed by atoms with Crippen molar-refractivity contribution in [1.29, 1.82) is 0 Å². The smallest absolute Gasteiger partial charge is 0.172 e. The molecule has 1 aliphatic rings. The first kappa shape index (κ1) is 25.1. The van der Waals surface area contributed by atoms with E-state index in [1.54, 1.807) is 0 Å². The summed E-state index contributed by atoms with van der Waals surface area (Å²) in [5.74, 6) is 0. The second kappa shape index (κ2) is 10.6. The first-order valence-electron chi connectivity index (χ1n) is 13.8. The van der Waals surface area contributed by atoms with Gasteiger partial charge in [-0.05, 0) is 53.1 Å². The molecule has 3 heteroatoms. The molecule has 0 saturated heterocycles. The van der Waals surface area contributed by atoms with Gasteiger partial charge in [-0.2, -0.15) is 0 Å². The highest BCUT2D eigenvalue weighted by molar-refractivity contribution is 7.88. The number of rotatable bonds is 6. The van der Waals surface area contributed by atoms with Gasteiger partial charge in [0.25, 0.3) is 0 Å². The molecule has 1 aliphatic heterocycles. The molecule has 41 heavy (non-hydrogen) atoms. The van der Waals surface area contributed by atoms with Crippen molar-refractivity contribution in [3.63, 3.8) is 0 Å². The molecule has 0 bridgehead atoms. The van der Waals surface area contributed by atoms with Crippen LogP contribution >= 0.6 is 7.14 Å². The molecular weight excluding hydrogens is 517 g/mol. The van der Waals surface area contributed by atoms with E-state index in [1.165, 1.54) is 0 Å². The zero-order valence-corrected chi connectivity index (χ0v) is 23.4. The lowest BCUT2D eigenvalue weighted by Gasteiger charge is -2.26. The van der Waals surface area contributed by atoms with Gasteiger partial charge in [0.2, 0.25) is 0 Å². The van der Waals surface area contributed by atoms with Gasteiger partial charge in [-0.15, -0.1) is 0 Å². The molecule has 6 aromatic carbocycles. The fourth-order valence-electron chi connectivity index (χ4n) is 5.86. The Labute approximate surface area is 241 Å². The van der Waals surface area contributed by atoms with E-state index in [9.17, 15) is 0 Å². The molecule has 0 spiro atoms. The van der Waals surface area contributed by atoms with Gasteiger partial charge in [0.1, 0.15) is 0 Å². The van der Waals surface area contributed by atoms with Gasteiger partial charge in [0, 0.05) is 38.6 Å². The van der Waals surface area contributed by atoms with Gasteiger partial charge in [-0.1, -0.05) is 133 Å². The van der Waals surface area contributed by atoms with Crippen molar-refractivity contribution in [3.8, 4) is 0 Å². The highest BCUT2D eigenvalue weighted by Crippen LogP contribution is 2.65. The van der Waals surface area contributed by atoms with E-state index in [0.717, 1.165) is 55.2 Å². The first-order valence-corrected chi connectivity index (χ1v) is 15.5. The van der Waals surface area contributed by atoms with E-state index < -0.39 is 7.14 Å². The number of nitrogens with zero attached hydrogens (tertiary/aromatic N) is 1. The van der Waals surface area contributed by atoms with Crippen molar-refractivity contribution in [2.75, 3.05) is 4.90 Å². The highest BCUT2D eigenvalue weighted by atomic mass is 31.2. The van der Waals surface area contributed by atoms with Crippen molar-refractivity contribution in [1.82, 2.24) is 0 Å². The van der Waals surface area contributed by atoms with E-state index >= 15 is 4.57 Å². The lowest BCUT2D eigenvalue weighted by molar-refractivity contribution is 0.593. The van der Waals surface area contributed by atoms with Gasteiger partial charge >= 0.3 is 0 Å². The largest absolute Gasteiger partial charge is 0.311 e. The van der Waals surface area contributed by atoms with Crippen molar-refractivity contribution >= 4 is 45.7 Å². The average Bonchev–Trinajstić information content (AvgIpc) is 3.33. The van der Waals surface area contributed by atoms with Gasteiger partial charge in [-0.25, -0.2) is 0 Å². The van der Waals surface area contributed by atoms with E-state index in [1.807, 2.05) is 66.7 Å². The molecule has 0 aliphatic carbocycles. The molecule has 0 fully saturated rings. The topological polar surface area (TPSA) is 20.3 Å². The Morgan fingerprint density at radius 2 is 0.878 bits per heavy atom. The van der Waals surface area contributed by atoms with E-state index in [2.05, 4.69) is 108 Å². The lowest BCUT2D eigenvalue weighted by atomic mass is 9.95. The summed E-state index contributed by atoms with van der Waals surface area (Å²) >= 11 is 0. The molecule has 196 valence electrons. The molecule has 1 atom stereocenters. The van der Waals surface area contributed by atoms with Crippen LogP contribution in [0.25, 0.3) is 10.9 Å². The van der Waals surface area contributed by atoms with Crippen LogP contribution in [0, 0.1) is 0 Å². The quantitative estimate of drug-likeness (QED) is 0.194. The second-order valence-corrected chi connectivity index (χ2v) is 12.8. The van der Waals surface area contributed by atoms with Crippen molar-refractivity contribution in [2.45, 2.75) is 0 Å². The number of para-hydroxylation sites is 2. The Hall–Kier alpha value is -4.91. The molecule has 0 aromatic heterocycles. The molecule has 0 N–H and O–H groups in total. The average molecular weight is 546 g/mol. The third-order valence-electron chi connectivity index (χ3n) is 7.67. The summed E-state index contributed by atoms with van der Waals surface area (Å²) < 4.78 is 15.5. The number of anilines is 3. The molecular formula is C38H28NOP. The SMILES string of the molecule is O=[P@]1(c2ccccc2)C(c2ccc(N(c3ccccc3)c3ccccc3)cc2)=C(c2ccccc2)c2ccccc21. The van der Waals surface area contributed by atoms with E-state index in [4.69, 9.17) is 0 Å². The number of benzene rings is 6. The molecule has 0 amide bonds. The Bertz CT molecular complexity index is 1840. The summed E-state index contributed by atoms with van der Waals surface area (Å²) in [5.41, 5.74) is 7.33. The third-order valence-corrected chi connectivity index (χ3v) is 10.9. The zero-order chi connectivity index (χ0) is 27.6. The maximum atomic E-state index is 15.5. The summed E-state index contributed by atoms with van der Waals surface area (Å²) in [7, 11) is -3.15. The van der Waals surface area contributed by atoms with Crippen molar-refractivity contribution in [3.05, 3.63) is 187 Å². The van der Waals surface area contributed by atoms with E-state index in [-0.39, 0.29) is 0 Å². The van der Waals surface area contributed by atoms with Crippen LogP contribution in [0.3, 0.4) is 0 Å². The normalized spacial score (nSPS) is 15.9. The van der Waals surface area contributed by atoms with Crippen LogP contribution in [-0.2, 0) is 4.57 Å². The fraction of sp³-hybridized carbons (Fsp3) is 0. The van der Waals surface area contributed by atoms with Gasteiger partial charge in [-0.3, -0.25) is 0 Å². The van der Waals surface area contributed by atoms with E-state index in [0.29, 0.717) is 0 Å². The van der Waals surface area contributed by atoms with Crippen LogP contribution in [0.15, 0.2) is 170 Å². The first-order chi connectivity index (χ1) is 20.2. The molecule has 0 saturated carbocycles.